The molecule has 39 heavy (non-hydrogen) atoms. The van der Waals surface area contributed by atoms with E-state index in [1.807, 2.05) is 65.3 Å². The molecule has 1 aromatic carbocycles. The van der Waals surface area contributed by atoms with Crippen LogP contribution in [0.3, 0.4) is 0 Å². The first kappa shape index (κ1) is 29.0. The smallest absolute Gasteiger partial charge is 0.258 e. The Balaban J connectivity index is 1.47. The minimum absolute atomic E-state index is 0.0520. The first-order chi connectivity index (χ1) is 18.3. The van der Waals surface area contributed by atoms with Gasteiger partial charge in [-0.3, -0.25) is 14.4 Å². The molecule has 1 aliphatic heterocycles. The van der Waals surface area contributed by atoms with Crippen LogP contribution in [0.5, 0.6) is 5.75 Å². The Labute approximate surface area is 233 Å². The van der Waals surface area contributed by atoms with Crippen LogP contribution in [0.25, 0.3) is 10.4 Å². The summed E-state index contributed by atoms with van der Waals surface area (Å²) in [5.74, 6) is -0.677. The molecule has 2 heterocycles. The number of nitrogens with zero attached hydrogens (tertiary/aromatic N) is 2. The van der Waals surface area contributed by atoms with Crippen LogP contribution in [-0.4, -0.2) is 58.0 Å². The maximum atomic E-state index is 14.4. The van der Waals surface area contributed by atoms with Crippen molar-refractivity contribution < 1.29 is 23.5 Å². The van der Waals surface area contributed by atoms with Crippen LogP contribution in [-0.2, 0) is 20.9 Å². The topological polar surface area (TPSA) is 101 Å². The van der Waals surface area contributed by atoms with Crippen LogP contribution in [0.4, 0.5) is 4.39 Å². The van der Waals surface area contributed by atoms with E-state index in [4.69, 9.17) is 4.74 Å². The number of hydrogen-bond acceptors (Lipinski definition) is 6. The normalized spacial score (nSPS) is 19.1. The fourth-order valence-electron chi connectivity index (χ4n) is 4.80. The first-order valence-corrected chi connectivity index (χ1v) is 14.5. The second kappa shape index (κ2) is 11.2. The highest BCUT2D eigenvalue weighted by Gasteiger charge is 2.53. The molecular formula is C29H39FN4O4S. The van der Waals surface area contributed by atoms with Gasteiger partial charge in [0.1, 0.15) is 17.8 Å². The van der Waals surface area contributed by atoms with Gasteiger partial charge in [-0.05, 0) is 63.5 Å². The summed E-state index contributed by atoms with van der Waals surface area (Å²) in [7, 11) is 0. The summed E-state index contributed by atoms with van der Waals surface area (Å²) in [5, 5.41) is 5.63. The van der Waals surface area contributed by atoms with E-state index in [2.05, 4.69) is 15.6 Å². The highest BCUT2D eigenvalue weighted by Crippen LogP contribution is 2.40. The van der Waals surface area contributed by atoms with Crippen molar-refractivity contribution in [1.29, 1.82) is 0 Å². The van der Waals surface area contributed by atoms with Crippen molar-refractivity contribution in [3.63, 3.8) is 0 Å². The zero-order chi connectivity index (χ0) is 28.5. The predicted molar refractivity (Wildman–Crippen MR) is 149 cm³/mol. The molecule has 2 aliphatic rings. The average molecular weight is 559 g/mol. The monoisotopic (exact) mass is 558 g/mol. The molecule has 1 saturated heterocycles. The molecule has 8 nitrogen and oxygen atoms in total. The largest absolute Gasteiger partial charge is 0.491 e. The Hall–Kier alpha value is -3.01. The lowest BCUT2D eigenvalue weighted by molar-refractivity contribution is -0.144. The number of thiazole rings is 1. The molecule has 3 amide bonds. The van der Waals surface area contributed by atoms with Gasteiger partial charge in [-0.2, -0.15) is 0 Å². The van der Waals surface area contributed by atoms with Crippen molar-refractivity contribution in [1.82, 2.24) is 20.5 Å². The van der Waals surface area contributed by atoms with E-state index in [0.717, 1.165) is 21.7 Å². The van der Waals surface area contributed by atoms with Gasteiger partial charge in [0.25, 0.3) is 5.91 Å². The molecule has 2 atom stereocenters. The number of aromatic nitrogens is 1. The molecule has 0 bridgehead atoms. The molecule has 10 heteroatoms. The summed E-state index contributed by atoms with van der Waals surface area (Å²) in [6.07, 6.45) is 1.49. The Morgan fingerprint density at radius 3 is 2.56 bits per heavy atom. The third-order valence-corrected chi connectivity index (χ3v) is 8.19. The Morgan fingerprint density at radius 1 is 1.26 bits per heavy atom. The molecule has 1 saturated carbocycles. The van der Waals surface area contributed by atoms with E-state index >= 15 is 0 Å². The number of amides is 3. The number of aryl methyl sites for hydroxylation is 1. The van der Waals surface area contributed by atoms with E-state index in [1.165, 1.54) is 4.90 Å². The molecule has 0 spiro atoms. The molecule has 2 aromatic rings. The molecule has 0 radical (unpaired) electrons. The highest BCUT2D eigenvalue weighted by molar-refractivity contribution is 7.13. The summed E-state index contributed by atoms with van der Waals surface area (Å²) in [6, 6.07) is 4.32. The number of ether oxygens (including phenoxy) is 1. The molecule has 1 aliphatic carbocycles. The number of likely N-dealkylation sites (tertiary alicyclic amines) is 1. The van der Waals surface area contributed by atoms with E-state index < -0.39 is 29.1 Å². The van der Waals surface area contributed by atoms with Gasteiger partial charge in [0.2, 0.25) is 11.8 Å². The van der Waals surface area contributed by atoms with Crippen LogP contribution in [0.2, 0.25) is 0 Å². The van der Waals surface area contributed by atoms with Crippen LogP contribution in [0.15, 0.2) is 23.7 Å². The quantitative estimate of drug-likeness (QED) is 0.471. The third-order valence-electron chi connectivity index (χ3n) is 7.21. The summed E-state index contributed by atoms with van der Waals surface area (Å²) >= 11 is 1.57. The maximum absolute atomic E-state index is 14.4. The van der Waals surface area contributed by atoms with Gasteiger partial charge >= 0.3 is 0 Å². The van der Waals surface area contributed by atoms with Crippen LogP contribution in [0, 0.1) is 12.3 Å². The SMILES string of the molecule is Cc1ncsc1-c1ccc(CNC(=O)C2CCCN2C(=O)C(NC(=O)C2(F)CC2)C(C)(C)C)c(OC(C)C)c1. The predicted octanol–water partition coefficient (Wildman–Crippen LogP) is 4.55. The molecule has 2 unspecified atom stereocenters. The zero-order valence-electron chi connectivity index (χ0n) is 23.6. The number of hydrogen-bond donors (Lipinski definition) is 2. The molecule has 4 rings (SSSR count). The van der Waals surface area contributed by atoms with Crippen molar-refractivity contribution in [3.8, 4) is 16.2 Å². The van der Waals surface area contributed by atoms with E-state index in [1.54, 1.807) is 11.3 Å². The number of benzene rings is 1. The van der Waals surface area contributed by atoms with Crippen molar-refractivity contribution in [2.75, 3.05) is 6.54 Å². The summed E-state index contributed by atoms with van der Waals surface area (Å²) in [4.78, 5) is 46.3. The Kier molecular flexibility index (Phi) is 8.35. The molecule has 2 fully saturated rings. The summed E-state index contributed by atoms with van der Waals surface area (Å²) in [6.45, 7) is 12.0. The van der Waals surface area contributed by atoms with Crippen molar-refractivity contribution in [2.45, 2.75) is 97.6 Å². The standard InChI is InChI=1S/C29H39FN4O4S/c1-17(2)38-22-14-19(23-18(3)32-16-39-23)9-10-20(22)15-31-25(35)21-8-7-13-34(21)26(36)24(28(4,5)6)33-27(37)29(30)11-12-29/h9-10,14,16-17,21,24H,7-8,11-13,15H2,1-6H3,(H,31,35)(H,33,37). The van der Waals surface area contributed by atoms with Crippen molar-refractivity contribution in [3.05, 3.63) is 35.0 Å². The van der Waals surface area contributed by atoms with Gasteiger partial charge in [0.05, 0.1) is 22.2 Å². The molecular weight excluding hydrogens is 519 g/mol. The van der Waals surface area contributed by atoms with E-state index in [0.29, 0.717) is 25.1 Å². The van der Waals surface area contributed by atoms with Gasteiger partial charge in [0, 0.05) is 18.7 Å². The van der Waals surface area contributed by atoms with E-state index in [9.17, 15) is 18.8 Å². The van der Waals surface area contributed by atoms with Crippen molar-refractivity contribution in [2.24, 2.45) is 5.41 Å². The molecule has 2 N–H and O–H groups in total. The number of rotatable bonds is 9. The Bertz CT molecular complexity index is 1230. The fourth-order valence-corrected chi connectivity index (χ4v) is 5.60. The number of carbonyl (C=O) groups is 3. The van der Waals surface area contributed by atoms with Gasteiger partial charge in [-0.1, -0.05) is 32.9 Å². The lowest BCUT2D eigenvalue weighted by Gasteiger charge is -2.35. The van der Waals surface area contributed by atoms with Gasteiger partial charge in [-0.15, -0.1) is 11.3 Å². The van der Waals surface area contributed by atoms with Crippen LogP contribution in [0.1, 0.15) is 71.6 Å². The minimum Gasteiger partial charge on any atom is -0.491 e. The molecule has 1 aromatic heterocycles. The molecule has 212 valence electrons. The minimum atomic E-state index is -1.88. The summed E-state index contributed by atoms with van der Waals surface area (Å²) < 4.78 is 20.4. The van der Waals surface area contributed by atoms with E-state index in [-0.39, 0.29) is 37.3 Å². The number of halogens is 1. The second-order valence-corrected chi connectivity index (χ2v) is 12.8. The summed E-state index contributed by atoms with van der Waals surface area (Å²) in [5.41, 5.74) is 2.07. The number of carbonyl (C=O) groups excluding carboxylic acids is 3. The number of alkyl halides is 1. The van der Waals surface area contributed by atoms with Gasteiger partial charge in [-0.25, -0.2) is 9.37 Å². The maximum Gasteiger partial charge on any atom is 0.258 e. The van der Waals surface area contributed by atoms with Crippen LogP contribution >= 0.6 is 11.3 Å². The Morgan fingerprint density at radius 2 is 1.97 bits per heavy atom. The van der Waals surface area contributed by atoms with Crippen LogP contribution < -0.4 is 15.4 Å². The first-order valence-electron chi connectivity index (χ1n) is 13.6. The zero-order valence-corrected chi connectivity index (χ0v) is 24.4. The lowest BCUT2D eigenvalue weighted by atomic mass is 9.85. The average Bonchev–Trinajstić information content (AvgIpc) is 3.24. The lowest BCUT2D eigenvalue weighted by Crippen LogP contribution is -2.58. The highest BCUT2D eigenvalue weighted by atomic mass is 32.1. The van der Waals surface area contributed by atoms with Gasteiger partial charge < -0.3 is 20.3 Å². The fraction of sp³-hybridized carbons (Fsp3) is 0.586. The second-order valence-electron chi connectivity index (χ2n) is 11.9. The number of nitrogens with one attached hydrogen (secondary N) is 2. The van der Waals surface area contributed by atoms with Gasteiger partial charge in [0.15, 0.2) is 5.67 Å². The third kappa shape index (κ3) is 6.59. The van der Waals surface area contributed by atoms with Crippen molar-refractivity contribution >= 4 is 29.1 Å².